The number of benzene rings is 1. The molecule has 0 heterocycles. The van der Waals surface area contributed by atoms with Gasteiger partial charge in [0.15, 0.2) is 0 Å². The average Bonchev–Trinajstić information content (AvgIpc) is 2.37. The molecule has 0 atom stereocenters. The predicted octanol–water partition coefficient (Wildman–Crippen LogP) is 1.05. The molecule has 0 aromatic heterocycles. The summed E-state index contributed by atoms with van der Waals surface area (Å²) in [6.07, 6.45) is 0. The normalized spacial score (nSPS) is 11.1. The van der Waals surface area contributed by atoms with Crippen LogP contribution in [0.2, 0.25) is 0 Å². The zero-order chi connectivity index (χ0) is 14.3. The molecule has 0 saturated heterocycles. The molecule has 0 aliphatic rings. The average molecular weight is 288 g/mol. The van der Waals surface area contributed by atoms with E-state index in [0.29, 0.717) is 23.7 Å². The lowest BCUT2D eigenvalue weighted by molar-refractivity contribution is 0.395. The molecular weight excluding hydrogens is 268 g/mol. The Kier molecular flexibility index (Phi) is 5.91. The second-order valence-corrected chi connectivity index (χ2v) is 5.72. The second-order valence-electron chi connectivity index (χ2n) is 3.88. The van der Waals surface area contributed by atoms with Crippen molar-refractivity contribution in [3.8, 4) is 11.5 Å². The van der Waals surface area contributed by atoms with Gasteiger partial charge in [0.1, 0.15) is 11.5 Å². The number of anilines is 1. The van der Waals surface area contributed by atoms with Gasteiger partial charge in [0.05, 0.1) is 25.7 Å². The van der Waals surface area contributed by atoms with Crippen LogP contribution in [0.5, 0.6) is 11.5 Å². The van der Waals surface area contributed by atoms with Gasteiger partial charge in [0.2, 0.25) is 10.0 Å². The molecule has 0 aliphatic heterocycles. The quantitative estimate of drug-likeness (QED) is 0.699. The summed E-state index contributed by atoms with van der Waals surface area (Å²) in [5.74, 6) is 1.08. The van der Waals surface area contributed by atoms with E-state index < -0.39 is 10.0 Å². The molecular formula is C12H20N2O4S. The molecule has 1 aromatic rings. The first-order chi connectivity index (χ1) is 9.00. The minimum Gasteiger partial charge on any atom is -0.497 e. The van der Waals surface area contributed by atoms with Crippen molar-refractivity contribution in [3.05, 3.63) is 18.2 Å². The Morgan fingerprint density at radius 3 is 2.16 bits per heavy atom. The van der Waals surface area contributed by atoms with Crippen LogP contribution in [0.4, 0.5) is 5.69 Å². The highest BCUT2D eigenvalue weighted by atomic mass is 32.2. The van der Waals surface area contributed by atoms with Crippen molar-refractivity contribution < 1.29 is 17.9 Å². The van der Waals surface area contributed by atoms with Crippen molar-refractivity contribution in [1.29, 1.82) is 0 Å². The highest BCUT2D eigenvalue weighted by Gasteiger charge is 2.11. The zero-order valence-corrected chi connectivity index (χ0v) is 12.2. The molecule has 1 aromatic carbocycles. The lowest BCUT2D eigenvalue weighted by Crippen LogP contribution is -2.26. The van der Waals surface area contributed by atoms with E-state index in [1.165, 1.54) is 14.2 Å². The van der Waals surface area contributed by atoms with E-state index >= 15 is 0 Å². The van der Waals surface area contributed by atoms with Crippen LogP contribution in [0.1, 0.15) is 6.92 Å². The number of ether oxygens (including phenoxy) is 2. The SMILES string of the molecule is CCNCCS(=O)(=O)Nc1cc(OC)cc(OC)c1. The number of nitrogens with one attached hydrogen (secondary N) is 2. The molecule has 19 heavy (non-hydrogen) atoms. The van der Waals surface area contributed by atoms with Gasteiger partial charge < -0.3 is 14.8 Å². The van der Waals surface area contributed by atoms with Gasteiger partial charge in [0.25, 0.3) is 0 Å². The van der Waals surface area contributed by atoms with E-state index in [1.54, 1.807) is 18.2 Å². The largest absolute Gasteiger partial charge is 0.497 e. The summed E-state index contributed by atoms with van der Waals surface area (Å²) in [4.78, 5) is 0. The first-order valence-electron chi connectivity index (χ1n) is 5.95. The van der Waals surface area contributed by atoms with Crippen LogP contribution in [0.15, 0.2) is 18.2 Å². The van der Waals surface area contributed by atoms with Crippen LogP contribution in [-0.4, -0.2) is 41.5 Å². The Hall–Kier alpha value is -1.47. The van der Waals surface area contributed by atoms with Crippen molar-refractivity contribution in [2.75, 3.05) is 37.8 Å². The van der Waals surface area contributed by atoms with Crippen LogP contribution >= 0.6 is 0 Å². The fourth-order valence-electron chi connectivity index (χ4n) is 1.48. The van der Waals surface area contributed by atoms with Crippen LogP contribution < -0.4 is 19.5 Å². The number of hydrogen-bond donors (Lipinski definition) is 2. The third-order valence-electron chi connectivity index (χ3n) is 2.42. The van der Waals surface area contributed by atoms with Gasteiger partial charge in [-0.15, -0.1) is 0 Å². The Morgan fingerprint density at radius 1 is 1.11 bits per heavy atom. The standard InChI is InChI=1S/C12H20N2O4S/c1-4-13-5-6-19(15,16)14-10-7-11(17-2)9-12(8-10)18-3/h7-9,13-14H,4-6H2,1-3H3. The number of rotatable bonds is 8. The van der Waals surface area contributed by atoms with Crippen molar-refractivity contribution in [3.63, 3.8) is 0 Å². The van der Waals surface area contributed by atoms with Crippen molar-refractivity contribution in [2.24, 2.45) is 0 Å². The molecule has 2 N–H and O–H groups in total. The van der Waals surface area contributed by atoms with E-state index in [-0.39, 0.29) is 5.75 Å². The van der Waals surface area contributed by atoms with Gasteiger partial charge in [-0.2, -0.15) is 0 Å². The minimum absolute atomic E-state index is 0.0143. The van der Waals surface area contributed by atoms with Crippen molar-refractivity contribution >= 4 is 15.7 Å². The van der Waals surface area contributed by atoms with E-state index in [2.05, 4.69) is 10.0 Å². The first-order valence-corrected chi connectivity index (χ1v) is 7.60. The molecule has 0 fully saturated rings. The maximum absolute atomic E-state index is 11.8. The predicted molar refractivity (Wildman–Crippen MR) is 75.5 cm³/mol. The van der Waals surface area contributed by atoms with Crippen LogP contribution in [0, 0.1) is 0 Å². The van der Waals surface area contributed by atoms with E-state index in [4.69, 9.17) is 9.47 Å². The fourth-order valence-corrected chi connectivity index (χ4v) is 2.47. The first kappa shape index (κ1) is 15.6. The lowest BCUT2D eigenvalue weighted by atomic mass is 10.3. The molecule has 0 radical (unpaired) electrons. The number of sulfonamides is 1. The van der Waals surface area contributed by atoms with Gasteiger partial charge in [-0.1, -0.05) is 6.92 Å². The maximum Gasteiger partial charge on any atom is 0.233 e. The van der Waals surface area contributed by atoms with Gasteiger partial charge in [-0.05, 0) is 6.54 Å². The molecule has 0 aliphatic carbocycles. The Balaban J connectivity index is 2.80. The van der Waals surface area contributed by atoms with Crippen LogP contribution in [-0.2, 0) is 10.0 Å². The van der Waals surface area contributed by atoms with E-state index in [9.17, 15) is 8.42 Å². The third kappa shape index (κ3) is 5.35. The van der Waals surface area contributed by atoms with E-state index in [1.807, 2.05) is 6.92 Å². The van der Waals surface area contributed by atoms with Crippen molar-refractivity contribution in [2.45, 2.75) is 6.92 Å². The molecule has 1 rings (SSSR count). The van der Waals surface area contributed by atoms with Crippen molar-refractivity contribution in [1.82, 2.24) is 5.32 Å². The summed E-state index contributed by atoms with van der Waals surface area (Å²) >= 11 is 0. The van der Waals surface area contributed by atoms with Gasteiger partial charge in [-0.3, -0.25) is 4.72 Å². The molecule has 0 bridgehead atoms. The Morgan fingerprint density at radius 2 is 1.68 bits per heavy atom. The second kappa shape index (κ2) is 7.20. The highest BCUT2D eigenvalue weighted by Crippen LogP contribution is 2.26. The summed E-state index contributed by atoms with van der Waals surface area (Å²) < 4.78 is 36.3. The third-order valence-corrected chi connectivity index (χ3v) is 3.71. The molecule has 0 unspecified atom stereocenters. The summed E-state index contributed by atoms with van der Waals surface area (Å²) in [6, 6.07) is 4.89. The fraction of sp³-hybridized carbons (Fsp3) is 0.500. The summed E-state index contributed by atoms with van der Waals surface area (Å²) in [5, 5.41) is 2.97. The summed E-state index contributed by atoms with van der Waals surface area (Å²) in [6.45, 7) is 3.07. The smallest absolute Gasteiger partial charge is 0.233 e. The summed E-state index contributed by atoms with van der Waals surface area (Å²) in [5.41, 5.74) is 0.424. The van der Waals surface area contributed by atoms with Gasteiger partial charge in [-0.25, -0.2) is 8.42 Å². The van der Waals surface area contributed by atoms with Gasteiger partial charge >= 0.3 is 0 Å². The Labute approximate surface area is 114 Å². The monoisotopic (exact) mass is 288 g/mol. The molecule has 0 spiro atoms. The van der Waals surface area contributed by atoms with Gasteiger partial charge in [0, 0.05) is 24.7 Å². The van der Waals surface area contributed by atoms with Crippen LogP contribution in [0.3, 0.4) is 0 Å². The maximum atomic E-state index is 11.8. The minimum atomic E-state index is -3.38. The lowest BCUT2D eigenvalue weighted by Gasteiger charge is -2.11. The molecule has 108 valence electrons. The molecule has 6 nitrogen and oxygen atoms in total. The topological polar surface area (TPSA) is 76.7 Å². The number of hydrogen-bond acceptors (Lipinski definition) is 5. The highest BCUT2D eigenvalue weighted by molar-refractivity contribution is 7.92. The van der Waals surface area contributed by atoms with Crippen LogP contribution in [0.25, 0.3) is 0 Å². The van der Waals surface area contributed by atoms with E-state index in [0.717, 1.165) is 6.54 Å². The Bertz CT molecular complexity index is 480. The molecule has 0 saturated carbocycles. The molecule has 0 amide bonds. The molecule has 7 heteroatoms. The number of methoxy groups -OCH3 is 2. The zero-order valence-electron chi connectivity index (χ0n) is 11.4. The summed E-state index contributed by atoms with van der Waals surface area (Å²) in [7, 11) is -0.356.